The van der Waals surface area contributed by atoms with Crippen LogP contribution in [0.15, 0.2) is 35.4 Å². The van der Waals surface area contributed by atoms with Gasteiger partial charge in [0.15, 0.2) is 5.69 Å². The van der Waals surface area contributed by atoms with E-state index in [0.29, 0.717) is 36.7 Å². The summed E-state index contributed by atoms with van der Waals surface area (Å²) >= 11 is 0. The topological polar surface area (TPSA) is 114 Å². The molecule has 1 aromatic carbocycles. The lowest BCUT2D eigenvalue weighted by molar-refractivity contribution is 0.0690. The molecule has 25 heavy (non-hydrogen) atoms. The molecule has 1 aliphatic rings. The lowest BCUT2D eigenvalue weighted by Gasteiger charge is -2.11. The van der Waals surface area contributed by atoms with Crippen molar-refractivity contribution >= 4 is 16.0 Å². The SMILES string of the molecule is O=C(O)c1cn(CCCCNS(=O)(=O)c2ccccc2C2CC2)nn1. The second-order valence-corrected chi connectivity index (χ2v) is 7.82. The van der Waals surface area contributed by atoms with Crippen molar-refractivity contribution in [2.45, 2.75) is 43.0 Å². The summed E-state index contributed by atoms with van der Waals surface area (Å²) in [4.78, 5) is 11.1. The van der Waals surface area contributed by atoms with Crippen LogP contribution in [0.3, 0.4) is 0 Å². The number of nitrogens with one attached hydrogen (secondary N) is 1. The number of unbranched alkanes of at least 4 members (excludes halogenated alkanes) is 1. The molecule has 1 heterocycles. The summed E-state index contributed by atoms with van der Waals surface area (Å²) in [6.07, 6.45) is 4.73. The van der Waals surface area contributed by atoms with Gasteiger partial charge in [0.25, 0.3) is 0 Å². The molecule has 8 nitrogen and oxygen atoms in total. The molecule has 1 aliphatic carbocycles. The van der Waals surface area contributed by atoms with Gasteiger partial charge in [-0.05, 0) is 43.2 Å². The Balaban J connectivity index is 1.49. The highest BCUT2D eigenvalue weighted by molar-refractivity contribution is 7.89. The second-order valence-electron chi connectivity index (χ2n) is 6.09. The van der Waals surface area contributed by atoms with Gasteiger partial charge in [-0.15, -0.1) is 5.10 Å². The number of carboxylic acid groups (broad SMARTS) is 1. The number of sulfonamides is 1. The Morgan fingerprint density at radius 1 is 1.28 bits per heavy atom. The molecule has 0 spiro atoms. The summed E-state index contributed by atoms with van der Waals surface area (Å²) in [6, 6.07) is 7.15. The smallest absolute Gasteiger partial charge is 0.358 e. The monoisotopic (exact) mass is 364 g/mol. The first kappa shape index (κ1) is 17.6. The molecule has 9 heteroatoms. The maximum absolute atomic E-state index is 12.5. The summed E-state index contributed by atoms with van der Waals surface area (Å²) in [6.45, 7) is 0.808. The van der Waals surface area contributed by atoms with Gasteiger partial charge in [-0.1, -0.05) is 23.4 Å². The number of aryl methyl sites for hydroxylation is 1. The highest BCUT2D eigenvalue weighted by atomic mass is 32.2. The molecule has 1 saturated carbocycles. The number of hydrogen-bond acceptors (Lipinski definition) is 5. The van der Waals surface area contributed by atoms with Gasteiger partial charge in [-0.2, -0.15) is 0 Å². The van der Waals surface area contributed by atoms with Crippen molar-refractivity contribution < 1.29 is 18.3 Å². The lowest BCUT2D eigenvalue weighted by Crippen LogP contribution is -2.26. The minimum atomic E-state index is -3.51. The third-order valence-corrected chi connectivity index (χ3v) is 5.62. The molecule has 2 N–H and O–H groups in total. The molecule has 0 bridgehead atoms. The Hall–Kier alpha value is -2.26. The number of hydrogen-bond donors (Lipinski definition) is 2. The van der Waals surface area contributed by atoms with Gasteiger partial charge in [0.2, 0.25) is 10.0 Å². The zero-order valence-electron chi connectivity index (χ0n) is 13.6. The van der Waals surface area contributed by atoms with Crippen LogP contribution in [-0.4, -0.2) is 41.0 Å². The molecule has 0 atom stereocenters. The van der Waals surface area contributed by atoms with Crippen molar-refractivity contribution in [2.24, 2.45) is 0 Å². The van der Waals surface area contributed by atoms with Crippen LogP contribution < -0.4 is 4.72 Å². The number of benzene rings is 1. The largest absolute Gasteiger partial charge is 0.476 e. The quantitative estimate of drug-likeness (QED) is 0.654. The molecule has 1 aromatic heterocycles. The van der Waals surface area contributed by atoms with E-state index in [9.17, 15) is 13.2 Å². The molecule has 0 radical (unpaired) electrons. The average molecular weight is 364 g/mol. The van der Waals surface area contributed by atoms with Gasteiger partial charge >= 0.3 is 5.97 Å². The predicted octanol–water partition coefficient (Wildman–Crippen LogP) is 1.61. The van der Waals surface area contributed by atoms with E-state index in [0.717, 1.165) is 18.4 Å². The van der Waals surface area contributed by atoms with Crippen LogP contribution in [0.2, 0.25) is 0 Å². The Bertz CT molecular complexity index is 859. The van der Waals surface area contributed by atoms with Crippen molar-refractivity contribution in [2.75, 3.05) is 6.54 Å². The summed E-state index contributed by atoms with van der Waals surface area (Å²) in [5.74, 6) is -0.753. The number of nitrogens with zero attached hydrogens (tertiary/aromatic N) is 3. The van der Waals surface area contributed by atoms with Gasteiger partial charge in [0.1, 0.15) is 0 Å². The third-order valence-electron chi connectivity index (χ3n) is 4.09. The Kier molecular flexibility index (Phi) is 5.14. The number of aromatic carboxylic acids is 1. The molecule has 0 unspecified atom stereocenters. The van der Waals surface area contributed by atoms with Crippen molar-refractivity contribution in [3.63, 3.8) is 0 Å². The highest BCUT2D eigenvalue weighted by Gasteiger charge is 2.29. The van der Waals surface area contributed by atoms with E-state index in [2.05, 4.69) is 15.0 Å². The summed E-state index contributed by atoms with van der Waals surface area (Å²) in [7, 11) is -3.51. The Morgan fingerprint density at radius 2 is 2.04 bits per heavy atom. The molecule has 0 saturated heterocycles. The molecule has 0 amide bonds. The molecule has 1 fully saturated rings. The van der Waals surface area contributed by atoms with E-state index in [1.165, 1.54) is 10.9 Å². The van der Waals surface area contributed by atoms with Crippen LogP contribution >= 0.6 is 0 Å². The van der Waals surface area contributed by atoms with Gasteiger partial charge in [0, 0.05) is 13.1 Å². The van der Waals surface area contributed by atoms with Gasteiger partial charge < -0.3 is 5.11 Å². The fraction of sp³-hybridized carbons (Fsp3) is 0.438. The van der Waals surface area contributed by atoms with Crippen LogP contribution in [0.5, 0.6) is 0 Å². The van der Waals surface area contributed by atoms with Crippen molar-refractivity contribution in [3.8, 4) is 0 Å². The van der Waals surface area contributed by atoms with Crippen LogP contribution in [0.25, 0.3) is 0 Å². The predicted molar refractivity (Wildman–Crippen MR) is 89.8 cm³/mol. The first-order chi connectivity index (χ1) is 12.0. The van der Waals surface area contributed by atoms with Crippen LogP contribution in [-0.2, 0) is 16.6 Å². The number of rotatable bonds is 9. The minimum absolute atomic E-state index is 0.0996. The van der Waals surface area contributed by atoms with Crippen molar-refractivity contribution in [1.82, 2.24) is 19.7 Å². The molecule has 0 aliphatic heterocycles. The standard InChI is InChI=1S/C16H20N4O4S/c21-16(22)14-11-20(19-18-14)10-4-3-9-17-25(23,24)15-6-2-1-5-13(15)12-7-8-12/h1-2,5-6,11-12,17H,3-4,7-10H2,(H,21,22). The Morgan fingerprint density at radius 3 is 2.72 bits per heavy atom. The highest BCUT2D eigenvalue weighted by Crippen LogP contribution is 2.42. The van der Waals surface area contributed by atoms with E-state index in [1.54, 1.807) is 12.1 Å². The molecule has 134 valence electrons. The van der Waals surface area contributed by atoms with E-state index in [1.807, 2.05) is 12.1 Å². The summed E-state index contributed by atoms with van der Waals surface area (Å²) in [5.41, 5.74) is 0.802. The Labute approximate surface area is 145 Å². The van der Waals surface area contributed by atoms with Gasteiger partial charge in [-0.25, -0.2) is 17.9 Å². The fourth-order valence-corrected chi connectivity index (χ4v) is 4.02. The van der Waals surface area contributed by atoms with E-state index < -0.39 is 16.0 Å². The maximum atomic E-state index is 12.5. The normalized spacial score (nSPS) is 14.6. The third kappa shape index (κ3) is 4.43. The van der Waals surface area contributed by atoms with E-state index >= 15 is 0 Å². The second kappa shape index (κ2) is 7.32. The lowest BCUT2D eigenvalue weighted by atomic mass is 10.1. The van der Waals surface area contributed by atoms with Gasteiger partial charge in [-0.3, -0.25) is 4.68 Å². The molecule has 2 aromatic rings. The average Bonchev–Trinajstić information content (AvgIpc) is 3.32. The van der Waals surface area contributed by atoms with E-state index in [4.69, 9.17) is 5.11 Å². The molecule has 3 rings (SSSR count). The maximum Gasteiger partial charge on any atom is 0.358 e. The van der Waals surface area contributed by atoms with Gasteiger partial charge in [0.05, 0.1) is 11.1 Å². The van der Waals surface area contributed by atoms with Crippen LogP contribution in [0.1, 0.15) is 47.7 Å². The van der Waals surface area contributed by atoms with Crippen LogP contribution in [0, 0.1) is 0 Å². The van der Waals surface area contributed by atoms with Crippen molar-refractivity contribution in [3.05, 3.63) is 41.7 Å². The number of carbonyl (C=O) groups is 1. The zero-order valence-corrected chi connectivity index (χ0v) is 14.4. The molecular formula is C16H20N4O4S. The summed E-state index contributed by atoms with van der Waals surface area (Å²) < 4.78 is 29.1. The molecular weight excluding hydrogens is 344 g/mol. The van der Waals surface area contributed by atoms with E-state index in [-0.39, 0.29) is 5.69 Å². The summed E-state index contributed by atoms with van der Waals surface area (Å²) in [5, 5.41) is 16.0. The zero-order chi connectivity index (χ0) is 17.9. The first-order valence-corrected chi connectivity index (χ1v) is 9.68. The minimum Gasteiger partial charge on any atom is -0.476 e. The fourth-order valence-electron chi connectivity index (χ4n) is 2.65. The number of carboxylic acids is 1. The van der Waals surface area contributed by atoms with Crippen molar-refractivity contribution in [1.29, 1.82) is 0 Å². The van der Waals surface area contributed by atoms with Crippen LogP contribution in [0.4, 0.5) is 0 Å². The number of aromatic nitrogens is 3. The first-order valence-electron chi connectivity index (χ1n) is 8.19.